The Morgan fingerprint density at radius 3 is 2.68 bits per heavy atom. The van der Waals surface area contributed by atoms with E-state index in [-0.39, 0.29) is 11.7 Å². The summed E-state index contributed by atoms with van der Waals surface area (Å²) in [6.07, 6.45) is 5.06. The summed E-state index contributed by atoms with van der Waals surface area (Å²) in [6, 6.07) is 0. The van der Waals surface area contributed by atoms with Crippen molar-refractivity contribution in [3.8, 4) is 0 Å². The second kappa shape index (κ2) is 7.40. The van der Waals surface area contributed by atoms with Crippen molar-refractivity contribution in [2.45, 2.75) is 32.6 Å². The summed E-state index contributed by atoms with van der Waals surface area (Å²) in [5.41, 5.74) is 1.45. The molecule has 1 saturated heterocycles. The minimum Gasteiger partial charge on any atom is -0.462 e. The quantitative estimate of drug-likeness (QED) is 0.359. The molecule has 0 radical (unpaired) electrons. The van der Waals surface area contributed by atoms with Gasteiger partial charge in [-0.05, 0) is 50.4 Å². The van der Waals surface area contributed by atoms with Crippen LogP contribution in [0, 0.1) is 5.92 Å². The number of hydrogen-bond donors (Lipinski definition) is 2. The lowest BCUT2D eigenvalue weighted by Crippen LogP contribution is -2.56. The maximum Gasteiger partial charge on any atom is 0.341 e. The van der Waals surface area contributed by atoms with Crippen molar-refractivity contribution in [1.82, 2.24) is 10.6 Å². The molecule has 2 aliphatic rings. The third-order valence-electron chi connectivity index (χ3n) is 4.01. The minimum atomic E-state index is -1.08. The number of amides is 2. The van der Waals surface area contributed by atoms with Gasteiger partial charge in [0.05, 0.1) is 12.2 Å². The van der Waals surface area contributed by atoms with Gasteiger partial charge in [0, 0.05) is 11.1 Å². The Labute approximate surface area is 153 Å². The fourth-order valence-electron chi connectivity index (χ4n) is 2.86. The van der Waals surface area contributed by atoms with E-state index in [0.717, 1.165) is 36.1 Å². The van der Waals surface area contributed by atoms with Crippen LogP contribution in [0.1, 0.15) is 40.6 Å². The molecular weight excluding hydrogens is 362 g/mol. The number of thiophene rings is 1. The van der Waals surface area contributed by atoms with Crippen molar-refractivity contribution in [3.63, 3.8) is 0 Å². The first-order valence-corrected chi connectivity index (χ1v) is 9.25. The Morgan fingerprint density at radius 1 is 1.32 bits per heavy atom. The van der Waals surface area contributed by atoms with Crippen molar-refractivity contribution in [2.24, 2.45) is 10.9 Å². The van der Waals surface area contributed by atoms with E-state index in [1.807, 2.05) is 0 Å². The van der Waals surface area contributed by atoms with Crippen LogP contribution in [0.5, 0.6) is 0 Å². The summed E-state index contributed by atoms with van der Waals surface area (Å²) in [5.74, 6) is -2.55. The summed E-state index contributed by atoms with van der Waals surface area (Å²) in [7, 11) is 0. The zero-order chi connectivity index (χ0) is 18.0. The van der Waals surface area contributed by atoms with Crippen LogP contribution >= 0.6 is 23.6 Å². The standard InChI is InChI=1S/C16H17N3O4S2/c1-2-23-15(22)11-8-5-3-4-6-10(8)25-14(11)17-7-9-12(20)18-16(24)19-13(9)21/h7,9H,2-6H2,1H3,(H2,18,19,20,21,24)/b17-7+. The van der Waals surface area contributed by atoms with Crippen molar-refractivity contribution in [2.75, 3.05) is 6.61 Å². The van der Waals surface area contributed by atoms with Crippen LogP contribution in [0.2, 0.25) is 0 Å². The molecule has 2 N–H and O–H groups in total. The zero-order valence-electron chi connectivity index (χ0n) is 13.6. The summed E-state index contributed by atoms with van der Waals surface area (Å²) >= 11 is 6.19. The van der Waals surface area contributed by atoms with Gasteiger partial charge in [0.2, 0.25) is 11.8 Å². The maximum absolute atomic E-state index is 12.4. The first kappa shape index (κ1) is 17.7. The molecule has 0 aromatic carbocycles. The third kappa shape index (κ3) is 3.62. The summed E-state index contributed by atoms with van der Waals surface area (Å²) in [4.78, 5) is 41.6. The summed E-state index contributed by atoms with van der Waals surface area (Å²) in [6.45, 7) is 2.02. The van der Waals surface area contributed by atoms with Crippen LogP contribution in [0.15, 0.2) is 4.99 Å². The average Bonchev–Trinajstić information content (AvgIpc) is 2.92. The van der Waals surface area contributed by atoms with Crippen LogP contribution in [0.3, 0.4) is 0 Å². The molecule has 132 valence electrons. The molecule has 0 spiro atoms. The van der Waals surface area contributed by atoms with Gasteiger partial charge in [-0.3, -0.25) is 9.59 Å². The van der Waals surface area contributed by atoms with Crippen molar-refractivity contribution < 1.29 is 19.1 Å². The molecule has 2 amide bonds. The SMILES string of the molecule is CCOC(=O)c1c(/N=C/C2C(=O)NC(=S)NC2=O)sc2c1CCCC2. The number of thiocarbonyl (C=S) groups is 1. The third-order valence-corrected chi connectivity index (χ3v) is 5.42. The molecule has 0 unspecified atom stereocenters. The van der Waals surface area contributed by atoms with Gasteiger partial charge in [-0.25, -0.2) is 9.79 Å². The normalized spacial score (nSPS) is 18.0. The van der Waals surface area contributed by atoms with Crippen molar-refractivity contribution in [3.05, 3.63) is 16.0 Å². The second-order valence-corrected chi connectivity index (χ2v) is 7.17. The molecule has 0 bridgehead atoms. The van der Waals surface area contributed by atoms with Crippen molar-refractivity contribution >= 4 is 57.7 Å². The van der Waals surface area contributed by atoms with Gasteiger partial charge in [0.15, 0.2) is 11.0 Å². The molecule has 0 atom stereocenters. The number of hydrogen-bond acceptors (Lipinski definition) is 7. The highest BCUT2D eigenvalue weighted by molar-refractivity contribution is 7.80. The Morgan fingerprint density at radius 2 is 2.00 bits per heavy atom. The number of nitrogens with zero attached hydrogens (tertiary/aromatic N) is 1. The molecule has 1 aliphatic carbocycles. The van der Waals surface area contributed by atoms with E-state index in [9.17, 15) is 14.4 Å². The monoisotopic (exact) mass is 379 g/mol. The Balaban J connectivity index is 1.92. The Hall–Kier alpha value is -2.13. The average molecular weight is 379 g/mol. The summed E-state index contributed by atoms with van der Waals surface area (Å²) in [5, 5.41) is 5.24. The predicted molar refractivity (Wildman–Crippen MR) is 97.4 cm³/mol. The van der Waals surface area contributed by atoms with E-state index in [4.69, 9.17) is 17.0 Å². The highest BCUT2D eigenvalue weighted by Gasteiger charge is 2.32. The number of carbonyl (C=O) groups is 3. The lowest BCUT2D eigenvalue weighted by Gasteiger charge is -2.19. The number of aliphatic imine (C=N–C) groups is 1. The van der Waals surface area contributed by atoms with Gasteiger partial charge in [-0.2, -0.15) is 0 Å². The van der Waals surface area contributed by atoms with Crippen LogP contribution in [0.4, 0.5) is 5.00 Å². The van der Waals surface area contributed by atoms with Gasteiger partial charge in [0.25, 0.3) is 0 Å². The molecule has 3 rings (SSSR count). The van der Waals surface area contributed by atoms with Gasteiger partial charge in [-0.15, -0.1) is 11.3 Å². The number of ether oxygens (including phenoxy) is 1. The van der Waals surface area contributed by atoms with Gasteiger partial charge in [-0.1, -0.05) is 0 Å². The van der Waals surface area contributed by atoms with Crippen LogP contribution in [-0.4, -0.2) is 35.7 Å². The second-order valence-electron chi connectivity index (χ2n) is 5.67. The molecular formula is C16H17N3O4S2. The summed E-state index contributed by atoms with van der Waals surface area (Å²) < 4.78 is 5.16. The Bertz CT molecular complexity index is 765. The maximum atomic E-state index is 12.4. The number of nitrogens with one attached hydrogen (secondary N) is 2. The van der Waals surface area contributed by atoms with E-state index >= 15 is 0 Å². The number of aryl methyl sites for hydroxylation is 1. The van der Waals surface area contributed by atoms with Crippen LogP contribution in [-0.2, 0) is 27.2 Å². The Kier molecular flexibility index (Phi) is 5.24. The smallest absolute Gasteiger partial charge is 0.341 e. The van der Waals surface area contributed by atoms with E-state index < -0.39 is 23.7 Å². The van der Waals surface area contributed by atoms with Gasteiger partial charge >= 0.3 is 5.97 Å². The lowest BCUT2D eigenvalue weighted by atomic mass is 9.95. The largest absolute Gasteiger partial charge is 0.462 e. The van der Waals surface area contributed by atoms with Crippen molar-refractivity contribution in [1.29, 1.82) is 0 Å². The van der Waals surface area contributed by atoms with E-state index in [1.54, 1.807) is 6.92 Å². The molecule has 7 nitrogen and oxygen atoms in total. The topological polar surface area (TPSA) is 96.9 Å². The molecule has 1 aromatic heterocycles. The fourth-order valence-corrected chi connectivity index (χ4v) is 4.29. The number of carbonyl (C=O) groups excluding carboxylic acids is 3. The zero-order valence-corrected chi connectivity index (χ0v) is 15.2. The molecule has 0 saturated carbocycles. The number of fused-ring (bicyclic) bond motifs is 1. The predicted octanol–water partition coefficient (Wildman–Crippen LogP) is 1.65. The molecule has 25 heavy (non-hydrogen) atoms. The number of rotatable bonds is 4. The van der Waals surface area contributed by atoms with Gasteiger partial charge < -0.3 is 15.4 Å². The van der Waals surface area contributed by atoms with Gasteiger partial charge in [0.1, 0.15) is 5.00 Å². The first-order valence-electron chi connectivity index (χ1n) is 8.02. The molecule has 1 aromatic rings. The minimum absolute atomic E-state index is 0.0153. The van der Waals surface area contributed by atoms with E-state index in [0.29, 0.717) is 10.6 Å². The number of esters is 1. The lowest BCUT2D eigenvalue weighted by molar-refractivity contribution is -0.131. The molecule has 9 heteroatoms. The molecule has 2 heterocycles. The highest BCUT2D eigenvalue weighted by atomic mass is 32.1. The highest BCUT2D eigenvalue weighted by Crippen LogP contribution is 2.40. The molecule has 1 fully saturated rings. The van der Waals surface area contributed by atoms with Crippen LogP contribution < -0.4 is 10.6 Å². The molecule has 1 aliphatic heterocycles. The fraction of sp³-hybridized carbons (Fsp3) is 0.438. The first-order chi connectivity index (χ1) is 12.0. The van der Waals surface area contributed by atoms with Crippen LogP contribution in [0.25, 0.3) is 0 Å². The van der Waals surface area contributed by atoms with E-state index in [1.165, 1.54) is 17.6 Å². The van der Waals surface area contributed by atoms with E-state index in [2.05, 4.69) is 15.6 Å².